The summed E-state index contributed by atoms with van der Waals surface area (Å²) >= 11 is 0. The van der Waals surface area contributed by atoms with Crippen LogP contribution in [0.15, 0.2) is 35.2 Å². The van der Waals surface area contributed by atoms with Gasteiger partial charge in [0.15, 0.2) is 0 Å². The lowest BCUT2D eigenvalue weighted by molar-refractivity contribution is -0.132. The van der Waals surface area contributed by atoms with Gasteiger partial charge in [0.1, 0.15) is 0 Å². The van der Waals surface area contributed by atoms with Gasteiger partial charge in [-0.3, -0.25) is 4.79 Å². The number of hydrogen-bond donors (Lipinski definition) is 1. The number of amides is 1. The van der Waals surface area contributed by atoms with Crippen molar-refractivity contribution in [2.45, 2.75) is 24.7 Å². The third-order valence-corrected chi connectivity index (χ3v) is 6.28. The summed E-state index contributed by atoms with van der Waals surface area (Å²) in [6.45, 7) is 5.32. The summed E-state index contributed by atoms with van der Waals surface area (Å²) in [6.07, 6.45) is 1.93. The Hall–Kier alpha value is -1.44. The molecule has 0 spiro atoms. The van der Waals surface area contributed by atoms with Gasteiger partial charge < -0.3 is 10.2 Å². The van der Waals surface area contributed by atoms with E-state index in [0.717, 1.165) is 30.2 Å². The van der Waals surface area contributed by atoms with Gasteiger partial charge in [-0.2, -0.15) is 4.31 Å². The van der Waals surface area contributed by atoms with Crippen molar-refractivity contribution in [2.75, 3.05) is 39.8 Å². The summed E-state index contributed by atoms with van der Waals surface area (Å²) in [5, 5.41) is 3.34. The highest BCUT2D eigenvalue weighted by atomic mass is 32.2. The third kappa shape index (κ3) is 4.78. The first-order chi connectivity index (χ1) is 11.4. The van der Waals surface area contributed by atoms with Crippen molar-refractivity contribution >= 4 is 15.9 Å². The quantitative estimate of drug-likeness (QED) is 0.798. The van der Waals surface area contributed by atoms with Gasteiger partial charge in [0.2, 0.25) is 15.9 Å². The van der Waals surface area contributed by atoms with Gasteiger partial charge >= 0.3 is 0 Å². The summed E-state index contributed by atoms with van der Waals surface area (Å²) in [4.78, 5) is 14.4. The summed E-state index contributed by atoms with van der Waals surface area (Å²) < 4.78 is 26.1. The first-order valence-electron chi connectivity index (χ1n) is 8.45. The van der Waals surface area contributed by atoms with Crippen LogP contribution in [-0.2, 0) is 14.8 Å². The Morgan fingerprint density at radius 2 is 1.88 bits per heavy atom. The first-order valence-corrected chi connectivity index (χ1v) is 9.89. The van der Waals surface area contributed by atoms with Crippen LogP contribution in [0.1, 0.15) is 19.8 Å². The van der Waals surface area contributed by atoms with Crippen LogP contribution in [0.4, 0.5) is 0 Å². The van der Waals surface area contributed by atoms with E-state index in [0.29, 0.717) is 19.0 Å². The molecule has 24 heavy (non-hydrogen) atoms. The minimum Gasteiger partial charge on any atom is -0.342 e. The number of likely N-dealkylation sites (tertiary alicyclic amines) is 1. The van der Waals surface area contributed by atoms with Crippen molar-refractivity contribution in [3.05, 3.63) is 30.3 Å². The van der Waals surface area contributed by atoms with E-state index in [1.165, 1.54) is 7.05 Å². The molecule has 1 aliphatic heterocycles. The topological polar surface area (TPSA) is 69.7 Å². The minimum atomic E-state index is -3.62. The van der Waals surface area contributed by atoms with E-state index in [9.17, 15) is 13.2 Å². The van der Waals surface area contributed by atoms with Crippen LogP contribution in [0.2, 0.25) is 0 Å². The molecule has 0 bridgehead atoms. The Bertz CT molecular complexity index is 626. The molecule has 0 aromatic heterocycles. The summed E-state index contributed by atoms with van der Waals surface area (Å²) in [5.74, 6) is 0.471. The molecule has 0 saturated carbocycles. The van der Waals surface area contributed by atoms with Crippen molar-refractivity contribution in [3.8, 4) is 0 Å². The Morgan fingerprint density at radius 1 is 1.25 bits per heavy atom. The fourth-order valence-electron chi connectivity index (χ4n) is 2.88. The normalized spacial score (nSPS) is 16.5. The second kappa shape index (κ2) is 8.60. The van der Waals surface area contributed by atoms with E-state index in [1.807, 2.05) is 0 Å². The molecule has 0 radical (unpaired) electrons. The number of nitrogens with zero attached hydrogens (tertiary/aromatic N) is 2. The smallest absolute Gasteiger partial charge is 0.243 e. The zero-order valence-electron chi connectivity index (χ0n) is 14.4. The largest absolute Gasteiger partial charge is 0.342 e. The molecular weight excluding hydrogens is 326 g/mol. The standard InChI is InChI=1S/C17H27N3O3S/c1-3-18-13-15-9-11-20(12-10-15)17(21)14-19(2)24(22,23)16-7-5-4-6-8-16/h4-8,15,18H,3,9-14H2,1-2H3. The number of benzene rings is 1. The molecule has 0 unspecified atom stereocenters. The molecule has 1 aromatic rings. The Labute approximate surface area is 144 Å². The molecule has 0 atom stereocenters. The summed E-state index contributed by atoms with van der Waals surface area (Å²) in [6, 6.07) is 8.21. The van der Waals surface area contributed by atoms with E-state index in [4.69, 9.17) is 0 Å². The minimum absolute atomic E-state index is 0.116. The molecule has 1 heterocycles. The maximum absolute atomic E-state index is 12.5. The van der Waals surface area contributed by atoms with Crippen molar-refractivity contribution in [3.63, 3.8) is 0 Å². The zero-order valence-corrected chi connectivity index (χ0v) is 15.3. The van der Waals surface area contributed by atoms with Gasteiger partial charge in [-0.15, -0.1) is 0 Å². The predicted molar refractivity (Wildman–Crippen MR) is 94.1 cm³/mol. The monoisotopic (exact) mass is 353 g/mol. The molecule has 1 amide bonds. The molecule has 2 rings (SSSR count). The van der Waals surface area contributed by atoms with E-state index < -0.39 is 10.0 Å². The van der Waals surface area contributed by atoms with Crippen LogP contribution >= 0.6 is 0 Å². The van der Waals surface area contributed by atoms with Gasteiger partial charge in [-0.25, -0.2) is 8.42 Å². The van der Waals surface area contributed by atoms with Crippen LogP contribution in [0, 0.1) is 5.92 Å². The Morgan fingerprint density at radius 3 is 2.46 bits per heavy atom. The molecule has 7 heteroatoms. The van der Waals surface area contributed by atoms with Crippen molar-refractivity contribution < 1.29 is 13.2 Å². The second-order valence-electron chi connectivity index (χ2n) is 6.21. The summed E-state index contributed by atoms with van der Waals surface area (Å²) in [7, 11) is -2.16. The van der Waals surface area contributed by atoms with Gasteiger partial charge in [-0.1, -0.05) is 25.1 Å². The highest BCUT2D eigenvalue weighted by Crippen LogP contribution is 2.18. The number of sulfonamides is 1. The van der Waals surface area contributed by atoms with Crippen LogP contribution in [0.5, 0.6) is 0 Å². The molecule has 1 aliphatic rings. The average Bonchev–Trinajstić information content (AvgIpc) is 2.61. The van der Waals surface area contributed by atoms with E-state index in [2.05, 4.69) is 12.2 Å². The van der Waals surface area contributed by atoms with Crippen molar-refractivity contribution in [2.24, 2.45) is 5.92 Å². The molecular formula is C17H27N3O3S. The van der Waals surface area contributed by atoms with Crippen LogP contribution in [0.25, 0.3) is 0 Å². The number of likely N-dealkylation sites (N-methyl/N-ethyl adjacent to an activating group) is 1. The number of piperidine rings is 1. The highest BCUT2D eigenvalue weighted by Gasteiger charge is 2.27. The predicted octanol–water partition coefficient (Wildman–Crippen LogP) is 1.16. The Balaban J connectivity index is 1.88. The second-order valence-corrected chi connectivity index (χ2v) is 8.25. The lowest BCUT2D eigenvalue weighted by Gasteiger charge is -2.33. The van der Waals surface area contributed by atoms with Gasteiger partial charge in [0.05, 0.1) is 11.4 Å². The third-order valence-electron chi connectivity index (χ3n) is 4.46. The van der Waals surface area contributed by atoms with Crippen LogP contribution in [-0.4, -0.2) is 63.3 Å². The van der Waals surface area contributed by atoms with Crippen LogP contribution in [0.3, 0.4) is 0 Å². The van der Waals surface area contributed by atoms with Gasteiger partial charge in [0, 0.05) is 20.1 Å². The van der Waals surface area contributed by atoms with Gasteiger partial charge in [-0.05, 0) is 44.0 Å². The van der Waals surface area contributed by atoms with Crippen molar-refractivity contribution in [1.29, 1.82) is 0 Å². The fourth-order valence-corrected chi connectivity index (χ4v) is 4.02. The van der Waals surface area contributed by atoms with Crippen molar-refractivity contribution in [1.82, 2.24) is 14.5 Å². The first kappa shape index (κ1) is 18.9. The summed E-state index contributed by atoms with van der Waals surface area (Å²) in [5.41, 5.74) is 0. The molecule has 1 saturated heterocycles. The van der Waals surface area contributed by atoms with E-state index in [-0.39, 0.29) is 17.3 Å². The average molecular weight is 353 g/mol. The number of nitrogens with one attached hydrogen (secondary N) is 1. The number of hydrogen-bond acceptors (Lipinski definition) is 4. The molecule has 1 N–H and O–H groups in total. The molecule has 1 fully saturated rings. The zero-order chi connectivity index (χ0) is 17.6. The molecule has 6 nitrogen and oxygen atoms in total. The molecule has 0 aliphatic carbocycles. The van der Waals surface area contributed by atoms with Gasteiger partial charge in [0.25, 0.3) is 0 Å². The SMILES string of the molecule is CCNCC1CCN(C(=O)CN(C)S(=O)(=O)c2ccccc2)CC1. The van der Waals surface area contributed by atoms with Crippen LogP contribution < -0.4 is 5.32 Å². The number of rotatable bonds is 7. The maximum Gasteiger partial charge on any atom is 0.243 e. The lowest BCUT2D eigenvalue weighted by atomic mass is 9.97. The fraction of sp³-hybridized carbons (Fsp3) is 0.588. The van der Waals surface area contributed by atoms with E-state index >= 15 is 0 Å². The molecule has 134 valence electrons. The van der Waals surface area contributed by atoms with E-state index in [1.54, 1.807) is 35.2 Å². The highest BCUT2D eigenvalue weighted by molar-refractivity contribution is 7.89. The number of carbonyl (C=O) groups excluding carboxylic acids is 1. The maximum atomic E-state index is 12.5. The number of carbonyl (C=O) groups is 1. The molecule has 1 aromatic carbocycles. The lowest BCUT2D eigenvalue weighted by Crippen LogP contribution is -2.45. The Kier molecular flexibility index (Phi) is 6.77.